The molecule has 2 aromatic heterocycles. The first kappa shape index (κ1) is 16.8. The van der Waals surface area contributed by atoms with E-state index in [-0.39, 0.29) is 11.9 Å². The van der Waals surface area contributed by atoms with Gasteiger partial charge in [-0.2, -0.15) is 5.10 Å². The summed E-state index contributed by atoms with van der Waals surface area (Å²) in [6, 6.07) is 10.1. The number of carbonyl (C=O) groups is 1. The van der Waals surface area contributed by atoms with E-state index in [1.807, 2.05) is 42.4 Å². The zero-order valence-corrected chi connectivity index (χ0v) is 15.8. The van der Waals surface area contributed by atoms with E-state index in [1.165, 1.54) is 10.4 Å². The van der Waals surface area contributed by atoms with Crippen molar-refractivity contribution in [1.82, 2.24) is 14.7 Å². The van der Waals surface area contributed by atoms with Gasteiger partial charge in [-0.1, -0.05) is 13.0 Å². The topological polar surface area (TPSA) is 50.2 Å². The number of thiophene rings is 1. The third-order valence-electron chi connectivity index (χ3n) is 4.85. The van der Waals surface area contributed by atoms with Crippen molar-refractivity contribution in [3.8, 4) is 0 Å². The number of carbonyl (C=O) groups excluding carboxylic acids is 1. The van der Waals surface area contributed by atoms with E-state index in [4.69, 9.17) is 0 Å². The summed E-state index contributed by atoms with van der Waals surface area (Å²) in [5.41, 5.74) is 3.84. The Morgan fingerprint density at radius 1 is 1.35 bits per heavy atom. The van der Waals surface area contributed by atoms with Gasteiger partial charge in [0.05, 0.1) is 17.9 Å². The Balaban J connectivity index is 1.57. The number of rotatable bonds is 4. The van der Waals surface area contributed by atoms with Crippen molar-refractivity contribution in [1.29, 1.82) is 0 Å². The zero-order valence-electron chi connectivity index (χ0n) is 15.0. The Bertz CT molecular complexity index is 929. The van der Waals surface area contributed by atoms with Crippen LogP contribution in [0.2, 0.25) is 0 Å². The number of aromatic nitrogens is 2. The monoisotopic (exact) mass is 366 g/mol. The lowest BCUT2D eigenvalue weighted by molar-refractivity contribution is 0.0657. The van der Waals surface area contributed by atoms with Gasteiger partial charge in [0.1, 0.15) is 0 Å². The third-order valence-corrected chi connectivity index (χ3v) is 5.84. The zero-order chi connectivity index (χ0) is 18.1. The summed E-state index contributed by atoms with van der Waals surface area (Å²) in [4.78, 5) is 16.6. The second-order valence-electron chi connectivity index (χ2n) is 6.58. The highest BCUT2D eigenvalue weighted by Gasteiger charge is 2.30. The quantitative estimate of drug-likeness (QED) is 0.746. The van der Waals surface area contributed by atoms with Crippen LogP contribution in [0.15, 0.2) is 48.1 Å². The number of aryl methyl sites for hydroxylation is 1. The van der Waals surface area contributed by atoms with E-state index in [1.54, 1.807) is 22.2 Å². The maximum absolute atomic E-state index is 13.2. The van der Waals surface area contributed by atoms with Crippen molar-refractivity contribution in [3.63, 3.8) is 0 Å². The molecule has 0 spiro atoms. The Morgan fingerprint density at radius 3 is 3.00 bits per heavy atom. The van der Waals surface area contributed by atoms with Gasteiger partial charge in [0.15, 0.2) is 0 Å². The number of hydrogen-bond acceptors (Lipinski definition) is 4. The molecule has 0 bridgehead atoms. The number of nitrogens with zero attached hydrogens (tertiary/aromatic N) is 3. The SMILES string of the molecule is CC[C@@H]1c2ccsc2CCN1C(=O)c1cccc(Nc2cnn(C)c2)c1. The molecule has 26 heavy (non-hydrogen) atoms. The molecule has 1 N–H and O–H groups in total. The van der Waals surface area contributed by atoms with Gasteiger partial charge in [-0.15, -0.1) is 11.3 Å². The normalized spacial score (nSPS) is 16.4. The molecule has 1 aliphatic rings. The molecule has 134 valence electrons. The van der Waals surface area contributed by atoms with Crippen molar-refractivity contribution >= 4 is 28.6 Å². The van der Waals surface area contributed by atoms with E-state index in [0.717, 1.165) is 36.3 Å². The van der Waals surface area contributed by atoms with E-state index in [2.05, 4.69) is 28.8 Å². The number of amides is 1. The molecule has 3 aromatic rings. The van der Waals surface area contributed by atoms with Crippen LogP contribution in [0.25, 0.3) is 0 Å². The van der Waals surface area contributed by atoms with Gasteiger partial charge in [-0.3, -0.25) is 9.48 Å². The minimum Gasteiger partial charge on any atom is -0.353 e. The summed E-state index contributed by atoms with van der Waals surface area (Å²) in [5.74, 6) is 0.100. The molecule has 3 heterocycles. The van der Waals surface area contributed by atoms with Crippen LogP contribution in [0.1, 0.15) is 40.2 Å². The molecule has 6 heteroatoms. The molecule has 1 amide bonds. The predicted octanol–water partition coefficient (Wildman–Crippen LogP) is 4.37. The fourth-order valence-corrected chi connectivity index (χ4v) is 4.56. The average molecular weight is 366 g/mol. The summed E-state index contributed by atoms with van der Waals surface area (Å²) >= 11 is 1.80. The van der Waals surface area contributed by atoms with E-state index in [0.29, 0.717) is 0 Å². The van der Waals surface area contributed by atoms with Crippen LogP contribution in [0.4, 0.5) is 11.4 Å². The number of benzene rings is 1. The summed E-state index contributed by atoms with van der Waals surface area (Å²) in [6.45, 7) is 2.93. The van der Waals surface area contributed by atoms with Crippen molar-refractivity contribution in [2.75, 3.05) is 11.9 Å². The highest BCUT2D eigenvalue weighted by Crippen LogP contribution is 2.36. The Kier molecular flexibility index (Phi) is 4.51. The predicted molar refractivity (Wildman–Crippen MR) is 105 cm³/mol. The summed E-state index contributed by atoms with van der Waals surface area (Å²) in [6.07, 6.45) is 5.56. The van der Waals surface area contributed by atoms with Crippen molar-refractivity contribution < 1.29 is 4.79 Å². The molecule has 1 atom stereocenters. The van der Waals surface area contributed by atoms with Crippen LogP contribution in [-0.2, 0) is 13.5 Å². The van der Waals surface area contributed by atoms with Gasteiger partial charge in [0.2, 0.25) is 0 Å². The Morgan fingerprint density at radius 2 is 2.23 bits per heavy atom. The van der Waals surface area contributed by atoms with Gasteiger partial charge in [0, 0.05) is 35.9 Å². The lowest BCUT2D eigenvalue weighted by Crippen LogP contribution is -2.39. The first-order chi connectivity index (χ1) is 12.7. The smallest absolute Gasteiger partial charge is 0.254 e. The molecule has 0 aliphatic carbocycles. The van der Waals surface area contributed by atoms with Gasteiger partial charge in [-0.25, -0.2) is 0 Å². The van der Waals surface area contributed by atoms with Gasteiger partial charge in [-0.05, 0) is 48.1 Å². The van der Waals surface area contributed by atoms with Gasteiger partial charge in [0.25, 0.3) is 5.91 Å². The van der Waals surface area contributed by atoms with Crippen LogP contribution in [-0.4, -0.2) is 27.1 Å². The first-order valence-electron chi connectivity index (χ1n) is 8.88. The maximum Gasteiger partial charge on any atom is 0.254 e. The molecule has 0 radical (unpaired) electrons. The molecular formula is C20H22N4OS. The van der Waals surface area contributed by atoms with E-state index in [9.17, 15) is 4.79 Å². The minimum absolute atomic E-state index is 0.100. The fraction of sp³-hybridized carbons (Fsp3) is 0.300. The highest BCUT2D eigenvalue weighted by atomic mass is 32.1. The summed E-state index contributed by atoms with van der Waals surface area (Å²) in [5, 5.41) is 9.61. The fourth-order valence-electron chi connectivity index (χ4n) is 3.63. The molecule has 0 saturated heterocycles. The molecule has 1 aliphatic heterocycles. The largest absolute Gasteiger partial charge is 0.353 e. The first-order valence-corrected chi connectivity index (χ1v) is 9.76. The lowest BCUT2D eigenvalue weighted by atomic mass is 9.97. The second kappa shape index (κ2) is 6.96. The third kappa shape index (κ3) is 3.12. The Labute approximate surface area is 157 Å². The van der Waals surface area contributed by atoms with Crippen LogP contribution >= 0.6 is 11.3 Å². The van der Waals surface area contributed by atoms with Crippen LogP contribution < -0.4 is 5.32 Å². The molecule has 0 saturated carbocycles. The lowest BCUT2D eigenvalue weighted by Gasteiger charge is -2.35. The number of fused-ring (bicyclic) bond motifs is 1. The second-order valence-corrected chi connectivity index (χ2v) is 7.58. The molecule has 5 nitrogen and oxygen atoms in total. The number of anilines is 2. The number of nitrogens with one attached hydrogen (secondary N) is 1. The van der Waals surface area contributed by atoms with Crippen molar-refractivity contribution in [2.24, 2.45) is 7.05 Å². The maximum atomic E-state index is 13.2. The van der Waals surface area contributed by atoms with Gasteiger partial charge < -0.3 is 10.2 Å². The van der Waals surface area contributed by atoms with Crippen LogP contribution in [0.5, 0.6) is 0 Å². The molecule has 0 fully saturated rings. The summed E-state index contributed by atoms with van der Waals surface area (Å²) in [7, 11) is 1.88. The van der Waals surface area contributed by atoms with E-state index < -0.39 is 0 Å². The molecule has 0 unspecified atom stereocenters. The van der Waals surface area contributed by atoms with Crippen LogP contribution in [0.3, 0.4) is 0 Å². The molecule has 1 aromatic carbocycles. The standard InChI is InChI=1S/C20H22N4OS/c1-3-18-17-8-10-26-19(17)7-9-24(18)20(25)14-5-4-6-15(11-14)22-16-12-21-23(2)13-16/h4-6,8,10-13,18,22H,3,7,9H2,1-2H3/t18-/m1/s1. The van der Waals surface area contributed by atoms with Crippen molar-refractivity contribution in [3.05, 3.63) is 64.1 Å². The summed E-state index contributed by atoms with van der Waals surface area (Å²) < 4.78 is 1.75. The van der Waals surface area contributed by atoms with Gasteiger partial charge >= 0.3 is 0 Å². The number of hydrogen-bond donors (Lipinski definition) is 1. The molecular weight excluding hydrogens is 344 g/mol. The highest BCUT2D eigenvalue weighted by molar-refractivity contribution is 7.10. The average Bonchev–Trinajstić information content (AvgIpc) is 3.29. The Hall–Kier alpha value is -2.60. The minimum atomic E-state index is 0.100. The molecule has 4 rings (SSSR count). The van der Waals surface area contributed by atoms with Crippen LogP contribution in [0, 0.1) is 0 Å². The van der Waals surface area contributed by atoms with Crippen molar-refractivity contribution in [2.45, 2.75) is 25.8 Å². The van der Waals surface area contributed by atoms with E-state index >= 15 is 0 Å².